The third-order valence-electron chi connectivity index (χ3n) is 4.56. The summed E-state index contributed by atoms with van der Waals surface area (Å²) in [6.45, 7) is 10.2. The topological polar surface area (TPSA) is 42.6 Å². The van der Waals surface area contributed by atoms with Crippen LogP contribution in [0, 0.1) is 12.7 Å². The van der Waals surface area contributed by atoms with E-state index in [2.05, 4.69) is 15.0 Å². The lowest BCUT2D eigenvalue weighted by Gasteiger charge is -2.11. The molecule has 0 saturated heterocycles. The molecule has 0 amide bonds. The number of hydrogen-bond donors (Lipinski definition) is 0. The van der Waals surface area contributed by atoms with Crippen molar-refractivity contribution in [2.24, 2.45) is 7.05 Å². The largest absolute Gasteiger partial charge is 0.248 e. The summed E-state index contributed by atoms with van der Waals surface area (Å²) in [5.74, 6) is 2.04. The molecule has 2 aromatic heterocycles. The first-order chi connectivity index (χ1) is 12.8. The lowest BCUT2D eigenvalue weighted by atomic mass is 10.0. The zero-order chi connectivity index (χ0) is 19.7. The summed E-state index contributed by atoms with van der Waals surface area (Å²) >= 11 is 0. The summed E-state index contributed by atoms with van der Waals surface area (Å²) in [7, 11) is 1.85. The molecule has 0 unspecified atom stereocenters. The van der Waals surface area contributed by atoms with Crippen LogP contribution < -0.4 is 4.57 Å². The number of hydrogen-bond acceptors (Lipinski definition) is 3. The molecule has 0 radical (unpaired) electrons. The van der Waals surface area contributed by atoms with Crippen LogP contribution in [-0.2, 0) is 7.05 Å². The van der Waals surface area contributed by atoms with Crippen molar-refractivity contribution >= 4 is 0 Å². The number of benzene rings is 1. The highest BCUT2D eigenvalue weighted by molar-refractivity contribution is 5.64. The maximum absolute atomic E-state index is 15.1. The summed E-state index contributed by atoms with van der Waals surface area (Å²) in [4.78, 5) is 13.7. The average molecular weight is 365 g/mol. The Labute approximate surface area is 160 Å². The van der Waals surface area contributed by atoms with Crippen LogP contribution in [0.2, 0.25) is 0 Å². The van der Waals surface area contributed by atoms with Gasteiger partial charge in [0.05, 0.1) is 11.1 Å². The Morgan fingerprint density at radius 2 is 1.52 bits per heavy atom. The predicted octanol–water partition coefficient (Wildman–Crippen LogP) is 4.72. The average Bonchev–Trinajstić information content (AvgIpc) is 2.62. The quantitative estimate of drug-likeness (QED) is 0.628. The van der Waals surface area contributed by atoms with Gasteiger partial charge >= 0.3 is 0 Å². The van der Waals surface area contributed by atoms with E-state index in [4.69, 9.17) is 0 Å². The molecular weight excluding hydrogens is 339 g/mol. The summed E-state index contributed by atoms with van der Waals surface area (Å²) < 4.78 is 16.9. The van der Waals surface area contributed by atoms with Gasteiger partial charge in [0.2, 0.25) is 5.69 Å². The Morgan fingerprint density at radius 1 is 0.926 bits per heavy atom. The second kappa shape index (κ2) is 7.51. The summed E-state index contributed by atoms with van der Waals surface area (Å²) in [6.07, 6.45) is 1.88. The van der Waals surface area contributed by atoms with Gasteiger partial charge in [-0.05, 0) is 24.6 Å². The van der Waals surface area contributed by atoms with E-state index in [0.717, 1.165) is 22.8 Å². The van der Waals surface area contributed by atoms with Gasteiger partial charge in [-0.1, -0.05) is 45.9 Å². The Balaban J connectivity index is 2.16. The number of aryl methyl sites for hydroxylation is 2. The first-order valence-electron chi connectivity index (χ1n) is 9.29. The molecule has 0 spiro atoms. The number of nitrogens with zero attached hydrogens (tertiary/aromatic N) is 4. The molecule has 1 aromatic carbocycles. The molecule has 140 valence electrons. The molecule has 0 N–H and O–H groups in total. The molecule has 3 rings (SSSR count). The monoisotopic (exact) mass is 365 g/mol. The normalized spacial score (nSPS) is 11.4. The molecule has 0 atom stereocenters. The van der Waals surface area contributed by atoms with Gasteiger partial charge in [-0.2, -0.15) is 8.96 Å². The van der Waals surface area contributed by atoms with Crippen molar-refractivity contribution in [3.63, 3.8) is 0 Å². The highest BCUT2D eigenvalue weighted by Gasteiger charge is 2.22. The molecule has 0 aliphatic rings. The van der Waals surface area contributed by atoms with Crippen LogP contribution >= 0.6 is 0 Å². The maximum Gasteiger partial charge on any atom is 0.248 e. The molecule has 4 nitrogen and oxygen atoms in total. The van der Waals surface area contributed by atoms with Gasteiger partial charge in [0.1, 0.15) is 18.7 Å². The van der Waals surface area contributed by atoms with E-state index >= 15 is 4.39 Å². The van der Waals surface area contributed by atoms with Gasteiger partial charge in [0.25, 0.3) is 0 Å². The van der Waals surface area contributed by atoms with Crippen LogP contribution in [0.4, 0.5) is 4.39 Å². The molecule has 2 heterocycles. The molecule has 0 saturated carbocycles. The highest BCUT2D eigenvalue weighted by Crippen LogP contribution is 2.26. The molecule has 0 fully saturated rings. The van der Waals surface area contributed by atoms with Gasteiger partial charge < -0.3 is 0 Å². The Kier molecular flexibility index (Phi) is 5.31. The Bertz CT molecular complexity index is 931. The zero-order valence-corrected chi connectivity index (χ0v) is 16.8. The number of halogens is 1. The minimum absolute atomic E-state index is 0.175. The number of aromatic nitrogens is 4. The minimum atomic E-state index is -0.290. The van der Waals surface area contributed by atoms with Crippen LogP contribution in [0.5, 0.6) is 0 Å². The fraction of sp³-hybridized carbons (Fsp3) is 0.364. The first-order valence-corrected chi connectivity index (χ1v) is 9.29. The SMILES string of the molecule is Cc1ccccc1-c1c(F)cc(-c2nc(C(C)C)nc(C(C)C)n2)c[n+]1C. The predicted molar refractivity (Wildman–Crippen MR) is 105 cm³/mol. The molecule has 0 aliphatic carbocycles. The lowest BCUT2D eigenvalue weighted by molar-refractivity contribution is -0.661. The van der Waals surface area contributed by atoms with Crippen LogP contribution in [0.25, 0.3) is 22.6 Å². The maximum atomic E-state index is 15.1. The van der Waals surface area contributed by atoms with E-state index in [1.54, 1.807) is 4.57 Å². The standard InChI is InChI=1S/C22H26FN4/c1-13(2)20-24-21(14(3)4)26-22(25-20)16-11-18(23)19(27(6)12-16)17-10-8-7-9-15(17)5/h7-14H,1-6H3/q+1. The summed E-state index contributed by atoms with van der Waals surface area (Å²) in [5, 5.41) is 0. The van der Waals surface area contributed by atoms with E-state index < -0.39 is 0 Å². The van der Waals surface area contributed by atoms with E-state index in [1.807, 2.05) is 72.1 Å². The van der Waals surface area contributed by atoms with Crippen molar-refractivity contribution in [2.75, 3.05) is 0 Å². The number of pyridine rings is 1. The van der Waals surface area contributed by atoms with Crippen molar-refractivity contribution in [3.8, 4) is 22.6 Å². The molecule has 27 heavy (non-hydrogen) atoms. The van der Waals surface area contributed by atoms with Gasteiger partial charge in [0.15, 0.2) is 17.8 Å². The fourth-order valence-electron chi connectivity index (χ4n) is 3.02. The van der Waals surface area contributed by atoms with Crippen LogP contribution in [0.3, 0.4) is 0 Å². The smallest absolute Gasteiger partial charge is 0.217 e. The summed E-state index contributed by atoms with van der Waals surface area (Å²) in [6, 6.07) is 9.32. The van der Waals surface area contributed by atoms with Crippen molar-refractivity contribution in [2.45, 2.75) is 46.5 Å². The Morgan fingerprint density at radius 3 is 2.04 bits per heavy atom. The van der Waals surface area contributed by atoms with E-state index in [0.29, 0.717) is 17.1 Å². The van der Waals surface area contributed by atoms with Gasteiger partial charge in [-0.25, -0.2) is 15.0 Å². The zero-order valence-electron chi connectivity index (χ0n) is 16.8. The first kappa shape index (κ1) is 19.1. The highest BCUT2D eigenvalue weighted by atomic mass is 19.1. The van der Waals surface area contributed by atoms with Crippen molar-refractivity contribution in [1.29, 1.82) is 0 Å². The van der Waals surface area contributed by atoms with Crippen molar-refractivity contribution in [3.05, 3.63) is 59.6 Å². The van der Waals surface area contributed by atoms with Gasteiger partial charge in [-0.3, -0.25) is 0 Å². The van der Waals surface area contributed by atoms with Gasteiger partial charge in [-0.15, -0.1) is 0 Å². The van der Waals surface area contributed by atoms with Crippen molar-refractivity contribution < 1.29 is 8.96 Å². The van der Waals surface area contributed by atoms with Crippen molar-refractivity contribution in [1.82, 2.24) is 15.0 Å². The number of rotatable bonds is 4. The third-order valence-corrected chi connectivity index (χ3v) is 4.56. The molecule has 5 heteroatoms. The minimum Gasteiger partial charge on any atom is -0.217 e. The van der Waals surface area contributed by atoms with E-state index in [1.165, 1.54) is 6.07 Å². The second-order valence-electron chi connectivity index (χ2n) is 7.54. The fourth-order valence-corrected chi connectivity index (χ4v) is 3.02. The summed E-state index contributed by atoms with van der Waals surface area (Å²) in [5.41, 5.74) is 3.12. The molecule has 0 aliphatic heterocycles. The van der Waals surface area contributed by atoms with E-state index in [9.17, 15) is 0 Å². The molecule has 0 bridgehead atoms. The third kappa shape index (κ3) is 3.87. The lowest BCUT2D eigenvalue weighted by Crippen LogP contribution is -2.32. The molecule has 3 aromatic rings. The second-order valence-corrected chi connectivity index (χ2v) is 7.54. The van der Waals surface area contributed by atoms with Crippen LogP contribution in [0.15, 0.2) is 36.5 Å². The van der Waals surface area contributed by atoms with Crippen LogP contribution in [-0.4, -0.2) is 15.0 Å². The van der Waals surface area contributed by atoms with Crippen LogP contribution in [0.1, 0.15) is 56.7 Å². The van der Waals surface area contributed by atoms with E-state index in [-0.39, 0.29) is 17.7 Å². The van der Waals surface area contributed by atoms with Gasteiger partial charge in [0, 0.05) is 11.8 Å². The molecular formula is C22H26FN4+. The Hall–Kier alpha value is -2.69.